The molecule has 0 spiro atoms. The lowest BCUT2D eigenvalue weighted by atomic mass is 9.92. The van der Waals surface area contributed by atoms with Gasteiger partial charge in [0.15, 0.2) is 0 Å². The van der Waals surface area contributed by atoms with Gasteiger partial charge in [-0.1, -0.05) is 30.9 Å². The third-order valence-electron chi connectivity index (χ3n) is 5.41. The van der Waals surface area contributed by atoms with E-state index in [-0.39, 0.29) is 11.4 Å². The van der Waals surface area contributed by atoms with E-state index < -0.39 is 0 Å². The molecule has 6 nitrogen and oxygen atoms in total. The van der Waals surface area contributed by atoms with Crippen LogP contribution in [0.1, 0.15) is 25.3 Å². The number of fused-ring (bicyclic) bond motifs is 1. The van der Waals surface area contributed by atoms with Gasteiger partial charge in [0.05, 0.1) is 11.3 Å². The van der Waals surface area contributed by atoms with Crippen molar-refractivity contribution in [1.29, 1.82) is 0 Å². The number of aliphatic imine (C=N–C) groups is 1. The fourth-order valence-corrected chi connectivity index (χ4v) is 3.41. The predicted octanol–water partition coefficient (Wildman–Crippen LogP) is 2.95. The Morgan fingerprint density at radius 3 is 2.52 bits per heavy atom. The van der Waals surface area contributed by atoms with Crippen LogP contribution in [0.25, 0.3) is 10.8 Å². The molecule has 0 amide bonds. The molecule has 3 aromatic rings. The normalized spacial score (nSPS) is 11.6. The maximum atomic E-state index is 12.1. The first kappa shape index (κ1) is 22.6. The molecule has 0 aliphatic carbocycles. The molecule has 0 bridgehead atoms. The fraction of sp³-hybridized carbons (Fsp3) is 0.333. The van der Waals surface area contributed by atoms with Gasteiger partial charge in [0, 0.05) is 42.8 Å². The summed E-state index contributed by atoms with van der Waals surface area (Å²) in [6.07, 6.45) is 3.98. The Bertz CT molecular complexity index is 1110. The Morgan fingerprint density at radius 1 is 1.06 bits per heavy atom. The van der Waals surface area contributed by atoms with Crippen LogP contribution in [0.2, 0.25) is 0 Å². The minimum atomic E-state index is -0.364. The molecule has 0 aliphatic heterocycles. The summed E-state index contributed by atoms with van der Waals surface area (Å²) in [7, 11) is 10.1. The molecule has 31 heavy (non-hydrogen) atoms. The molecule has 0 aliphatic rings. The number of hydrogen-bond donors (Lipinski definition) is 2. The predicted molar refractivity (Wildman–Crippen MR) is 131 cm³/mol. The Hall–Kier alpha value is -3.06. The number of pyridine rings is 1. The first-order valence-electron chi connectivity index (χ1n) is 10.6. The SMILES string of the molecule is [B]c1ccc2c(=O)[nH]c(O)c(C=Nc3ccc(N(C)CCN(C)CCCC)cc3)c2c1. The van der Waals surface area contributed by atoms with Gasteiger partial charge in [0.1, 0.15) is 7.85 Å². The van der Waals surface area contributed by atoms with E-state index in [4.69, 9.17) is 7.85 Å². The van der Waals surface area contributed by atoms with Gasteiger partial charge in [-0.3, -0.25) is 14.8 Å². The topological polar surface area (TPSA) is 71.9 Å². The highest BCUT2D eigenvalue weighted by Crippen LogP contribution is 2.22. The average Bonchev–Trinajstić information content (AvgIpc) is 2.76. The standard InChI is InChI=1S/C24H29BN4O2/c1-4-5-12-28(2)13-14-29(3)19-9-7-18(8-10-19)26-16-22-21-15-17(25)6-11-20(21)23(30)27-24(22)31/h6-11,15-16H,4-5,12-14H2,1-3H3,(H2,27,30,31). The molecule has 0 saturated heterocycles. The minimum absolute atomic E-state index is 0.226. The van der Waals surface area contributed by atoms with Crippen molar-refractivity contribution in [2.45, 2.75) is 19.8 Å². The third-order valence-corrected chi connectivity index (χ3v) is 5.41. The Kier molecular flexibility index (Phi) is 7.52. The van der Waals surface area contributed by atoms with E-state index in [2.05, 4.69) is 40.8 Å². The quantitative estimate of drug-likeness (QED) is 0.416. The molecule has 0 fully saturated rings. The zero-order chi connectivity index (χ0) is 22.4. The van der Waals surface area contributed by atoms with Gasteiger partial charge in [-0.2, -0.15) is 0 Å². The molecule has 1 heterocycles. The highest BCUT2D eigenvalue weighted by atomic mass is 16.3. The number of aromatic amines is 1. The van der Waals surface area contributed by atoms with Crippen LogP contribution in [0.15, 0.2) is 52.3 Å². The average molecular weight is 416 g/mol. The van der Waals surface area contributed by atoms with Crippen molar-refractivity contribution in [2.24, 2.45) is 4.99 Å². The van der Waals surface area contributed by atoms with Crippen molar-refractivity contribution in [3.63, 3.8) is 0 Å². The minimum Gasteiger partial charge on any atom is -0.494 e. The molecule has 0 unspecified atom stereocenters. The molecular weight excluding hydrogens is 387 g/mol. The number of benzene rings is 2. The Morgan fingerprint density at radius 2 is 1.81 bits per heavy atom. The van der Waals surface area contributed by atoms with E-state index in [0.717, 1.165) is 31.0 Å². The zero-order valence-corrected chi connectivity index (χ0v) is 18.4. The smallest absolute Gasteiger partial charge is 0.258 e. The fourth-order valence-electron chi connectivity index (χ4n) is 3.41. The number of nitrogens with zero attached hydrogens (tertiary/aromatic N) is 3. The van der Waals surface area contributed by atoms with Crippen molar-refractivity contribution < 1.29 is 5.11 Å². The summed E-state index contributed by atoms with van der Waals surface area (Å²) in [6.45, 7) is 5.29. The van der Waals surface area contributed by atoms with Crippen LogP contribution in [-0.2, 0) is 0 Å². The molecule has 160 valence electrons. The van der Waals surface area contributed by atoms with Crippen LogP contribution in [0.3, 0.4) is 0 Å². The summed E-state index contributed by atoms with van der Waals surface area (Å²) < 4.78 is 0. The molecule has 2 aromatic carbocycles. The second kappa shape index (κ2) is 10.3. The summed E-state index contributed by atoms with van der Waals surface area (Å²) in [4.78, 5) is 23.6. The number of aromatic hydroxyl groups is 1. The largest absolute Gasteiger partial charge is 0.494 e. The Labute approximate surface area is 184 Å². The Balaban J connectivity index is 1.73. The van der Waals surface area contributed by atoms with Crippen LogP contribution in [0.5, 0.6) is 5.88 Å². The summed E-state index contributed by atoms with van der Waals surface area (Å²) in [6, 6.07) is 12.9. The molecule has 3 rings (SSSR count). The second-order valence-corrected chi connectivity index (χ2v) is 7.87. The highest BCUT2D eigenvalue weighted by Gasteiger charge is 2.09. The lowest BCUT2D eigenvalue weighted by Crippen LogP contribution is -2.31. The van der Waals surface area contributed by atoms with E-state index >= 15 is 0 Å². The number of unbranched alkanes of at least 4 members (excludes halogenated alkanes) is 1. The first-order valence-corrected chi connectivity index (χ1v) is 10.6. The van der Waals surface area contributed by atoms with Gasteiger partial charge in [-0.25, -0.2) is 0 Å². The third kappa shape index (κ3) is 5.76. The number of aromatic nitrogens is 1. The number of nitrogens with one attached hydrogen (secondary N) is 1. The van der Waals surface area contributed by atoms with E-state index in [0.29, 0.717) is 21.8 Å². The maximum Gasteiger partial charge on any atom is 0.258 e. The van der Waals surface area contributed by atoms with Gasteiger partial charge < -0.3 is 14.9 Å². The first-order chi connectivity index (χ1) is 14.9. The number of likely N-dealkylation sites (N-methyl/N-ethyl adjacent to an activating group) is 2. The molecule has 2 radical (unpaired) electrons. The van der Waals surface area contributed by atoms with Crippen LogP contribution < -0.4 is 15.9 Å². The maximum absolute atomic E-state index is 12.1. The highest BCUT2D eigenvalue weighted by molar-refractivity contribution is 6.33. The van der Waals surface area contributed by atoms with E-state index in [1.807, 2.05) is 24.3 Å². The van der Waals surface area contributed by atoms with Crippen molar-refractivity contribution in [2.75, 3.05) is 38.6 Å². The molecule has 1 aromatic heterocycles. The van der Waals surface area contributed by atoms with Gasteiger partial charge in [0.25, 0.3) is 5.56 Å². The summed E-state index contributed by atoms with van der Waals surface area (Å²) >= 11 is 0. The lowest BCUT2D eigenvalue weighted by Gasteiger charge is -2.23. The molecule has 0 atom stereocenters. The monoisotopic (exact) mass is 416 g/mol. The van der Waals surface area contributed by atoms with Gasteiger partial charge >= 0.3 is 0 Å². The summed E-state index contributed by atoms with van der Waals surface area (Å²) in [5.41, 5.74) is 2.45. The molecule has 7 heteroatoms. The van der Waals surface area contributed by atoms with Crippen LogP contribution in [-0.4, -0.2) is 62.8 Å². The number of hydrogen-bond acceptors (Lipinski definition) is 5. The van der Waals surface area contributed by atoms with E-state index in [1.165, 1.54) is 12.8 Å². The molecule has 2 N–H and O–H groups in total. The van der Waals surface area contributed by atoms with Crippen LogP contribution >= 0.6 is 0 Å². The van der Waals surface area contributed by atoms with Gasteiger partial charge in [-0.05, 0) is 50.3 Å². The summed E-state index contributed by atoms with van der Waals surface area (Å²) in [5.74, 6) is -0.226. The lowest BCUT2D eigenvalue weighted by molar-refractivity contribution is 0.335. The number of anilines is 1. The number of rotatable bonds is 9. The summed E-state index contributed by atoms with van der Waals surface area (Å²) in [5, 5.41) is 11.3. The molecular formula is C24H29BN4O2. The zero-order valence-electron chi connectivity index (χ0n) is 18.4. The van der Waals surface area contributed by atoms with Crippen molar-refractivity contribution in [3.05, 3.63) is 58.4 Å². The van der Waals surface area contributed by atoms with Gasteiger partial charge in [-0.15, -0.1) is 0 Å². The van der Waals surface area contributed by atoms with E-state index in [9.17, 15) is 9.90 Å². The number of H-pyrrole nitrogens is 1. The van der Waals surface area contributed by atoms with Gasteiger partial charge in [0.2, 0.25) is 5.88 Å². The van der Waals surface area contributed by atoms with Crippen molar-refractivity contribution in [1.82, 2.24) is 9.88 Å². The van der Waals surface area contributed by atoms with E-state index in [1.54, 1.807) is 24.4 Å². The van der Waals surface area contributed by atoms with Crippen molar-refractivity contribution in [3.8, 4) is 5.88 Å². The van der Waals surface area contributed by atoms with Crippen LogP contribution in [0.4, 0.5) is 11.4 Å². The van der Waals surface area contributed by atoms with Crippen molar-refractivity contribution >= 4 is 41.7 Å². The van der Waals surface area contributed by atoms with Crippen LogP contribution in [0, 0.1) is 0 Å². The second-order valence-electron chi connectivity index (χ2n) is 7.87. The molecule has 0 saturated carbocycles.